The van der Waals surface area contributed by atoms with Gasteiger partial charge in [0.25, 0.3) is 0 Å². The summed E-state index contributed by atoms with van der Waals surface area (Å²) < 4.78 is 5.44. The van der Waals surface area contributed by atoms with E-state index in [0.29, 0.717) is 17.2 Å². The number of oxazole rings is 1. The fourth-order valence-corrected chi connectivity index (χ4v) is 1.52. The molecule has 0 saturated carbocycles. The molecule has 0 bridgehead atoms. The average Bonchev–Trinajstić information content (AvgIpc) is 2.85. The quantitative estimate of drug-likeness (QED) is 0.888. The zero-order valence-electron chi connectivity index (χ0n) is 9.46. The second-order valence-corrected chi connectivity index (χ2v) is 3.70. The van der Waals surface area contributed by atoms with E-state index in [1.54, 1.807) is 18.2 Å². The van der Waals surface area contributed by atoms with Crippen LogP contribution in [0.2, 0.25) is 0 Å². The van der Waals surface area contributed by atoms with Crippen LogP contribution < -0.4 is 0 Å². The van der Waals surface area contributed by atoms with E-state index in [1.165, 1.54) is 6.20 Å². The van der Waals surface area contributed by atoms with Crippen LogP contribution in [0.4, 0.5) is 0 Å². The normalized spacial score (nSPS) is 9.94. The number of carboxylic acids is 1. The highest BCUT2D eigenvalue weighted by atomic mass is 16.4. The van der Waals surface area contributed by atoms with E-state index in [4.69, 9.17) is 14.8 Å². The lowest BCUT2D eigenvalue weighted by Crippen LogP contribution is -1.97. The van der Waals surface area contributed by atoms with E-state index in [9.17, 15) is 4.79 Å². The molecule has 0 aliphatic carbocycles. The number of carboxylic acid groups (broad SMARTS) is 1. The third-order valence-corrected chi connectivity index (χ3v) is 2.38. The van der Waals surface area contributed by atoms with Gasteiger partial charge < -0.3 is 9.52 Å². The number of hydrogen-bond donors (Lipinski definition) is 1. The Balaban J connectivity index is 2.19. The summed E-state index contributed by atoms with van der Waals surface area (Å²) in [6, 6.07) is 9.00. The summed E-state index contributed by atoms with van der Waals surface area (Å²) in [4.78, 5) is 14.4. The van der Waals surface area contributed by atoms with Crippen LogP contribution in [-0.4, -0.2) is 16.1 Å². The molecule has 5 nitrogen and oxygen atoms in total. The Morgan fingerprint density at radius 2 is 2.33 bits per heavy atom. The minimum absolute atomic E-state index is 0.0157. The second kappa shape index (κ2) is 5.15. The number of rotatable bonds is 4. The van der Waals surface area contributed by atoms with E-state index < -0.39 is 5.97 Å². The van der Waals surface area contributed by atoms with Gasteiger partial charge in [-0.3, -0.25) is 4.79 Å². The molecule has 0 atom stereocenters. The first-order chi connectivity index (χ1) is 8.69. The van der Waals surface area contributed by atoms with Crippen LogP contribution in [0.5, 0.6) is 0 Å². The van der Waals surface area contributed by atoms with Crippen molar-refractivity contribution in [1.82, 2.24) is 4.98 Å². The molecule has 0 aliphatic heterocycles. The average molecular weight is 242 g/mol. The van der Waals surface area contributed by atoms with Crippen LogP contribution in [0.25, 0.3) is 11.3 Å². The monoisotopic (exact) mass is 242 g/mol. The fraction of sp³-hybridized carbons (Fsp3) is 0.154. The molecule has 2 rings (SSSR count). The fourth-order valence-electron chi connectivity index (χ4n) is 1.52. The third kappa shape index (κ3) is 2.74. The predicted molar refractivity (Wildman–Crippen MR) is 62.6 cm³/mol. The summed E-state index contributed by atoms with van der Waals surface area (Å²) in [7, 11) is 0. The highest BCUT2D eigenvalue weighted by Gasteiger charge is 2.08. The topological polar surface area (TPSA) is 87.1 Å². The molecule has 0 fully saturated rings. The van der Waals surface area contributed by atoms with Crippen LogP contribution in [-0.2, 0) is 11.2 Å². The maximum Gasteiger partial charge on any atom is 0.303 e. The number of aliphatic carboxylic acids is 1. The third-order valence-electron chi connectivity index (χ3n) is 2.38. The lowest BCUT2D eigenvalue weighted by atomic mass is 10.1. The minimum atomic E-state index is -0.888. The van der Waals surface area contributed by atoms with Crippen molar-refractivity contribution in [2.75, 3.05) is 0 Å². The molecule has 1 heterocycles. The van der Waals surface area contributed by atoms with Crippen molar-refractivity contribution in [1.29, 1.82) is 5.26 Å². The second-order valence-electron chi connectivity index (χ2n) is 3.70. The molecule has 2 aromatic rings. The molecule has 0 radical (unpaired) electrons. The van der Waals surface area contributed by atoms with Gasteiger partial charge in [-0.2, -0.15) is 5.26 Å². The molecule has 0 saturated heterocycles. The van der Waals surface area contributed by atoms with Crippen molar-refractivity contribution in [3.63, 3.8) is 0 Å². The Labute approximate surface area is 103 Å². The molecule has 0 aliphatic rings. The van der Waals surface area contributed by atoms with Gasteiger partial charge in [-0.25, -0.2) is 4.98 Å². The van der Waals surface area contributed by atoms with Crippen LogP contribution in [0.1, 0.15) is 17.9 Å². The molecule has 0 unspecified atom stereocenters. The lowest BCUT2D eigenvalue weighted by Gasteiger charge is -1.96. The minimum Gasteiger partial charge on any atom is -0.481 e. The first kappa shape index (κ1) is 11.9. The largest absolute Gasteiger partial charge is 0.481 e. The van der Waals surface area contributed by atoms with E-state index >= 15 is 0 Å². The van der Waals surface area contributed by atoms with E-state index in [0.717, 1.165) is 5.56 Å². The zero-order chi connectivity index (χ0) is 13.0. The molecule has 1 N–H and O–H groups in total. The smallest absolute Gasteiger partial charge is 0.303 e. The SMILES string of the molecule is N#Cc1cccc(-c2cnc(CCC(=O)O)o2)c1. The first-order valence-electron chi connectivity index (χ1n) is 5.36. The van der Waals surface area contributed by atoms with E-state index in [2.05, 4.69) is 4.98 Å². The summed E-state index contributed by atoms with van der Waals surface area (Å²) >= 11 is 0. The molecule has 0 amide bonds. The Hall–Kier alpha value is -2.61. The van der Waals surface area contributed by atoms with Gasteiger partial charge in [-0.05, 0) is 12.1 Å². The van der Waals surface area contributed by atoms with Crippen molar-refractivity contribution in [3.8, 4) is 17.4 Å². The molecule has 90 valence electrons. The van der Waals surface area contributed by atoms with Gasteiger partial charge in [0.05, 0.1) is 24.3 Å². The van der Waals surface area contributed by atoms with Gasteiger partial charge in [0.2, 0.25) is 0 Å². The molecular formula is C13H10N2O3. The maximum atomic E-state index is 10.4. The van der Waals surface area contributed by atoms with Crippen LogP contribution in [0, 0.1) is 11.3 Å². The Morgan fingerprint density at radius 1 is 1.50 bits per heavy atom. The zero-order valence-corrected chi connectivity index (χ0v) is 9.46. The number of nitriles is 1. The highest BCUT2D eigenvalue weighted by Crippen LogP contribution is 2.21. The number of aromatic nitrogens is 1. The van der Waals surface area contributed by atoms with Gasteiger partial charge in [0.15, 0.2) is 11.7 Å². The number of carbonyl (C=O) groups is 1. The number of hydrogen-bond acceptors (Lipinski definition) is 4. The summed E-state index contributed by atoms with van der Waals surface area (Å²) in [6.07, 6.45) is 1.78. The summed E-state index contributed by atoms with van der Waals surface area (Å²) in [5, 5.41) is 17.4. The van der Waals surface area contributed by atoms with Crippen LogP contribution in [0.15, 0.2) is 34.9 Å². The molecule has 1 aromatic carbocycles. The van der Waals surface area contributed by atoms with E-state index in [-0.39, 0.29) is 12.8 Å². The molecule has 0 spiro atoms. The van der Waals surface area contributed by atoms with Gasteiger partial charge in [0.1, 0.15) is 0 Å². The summed E-state index contributed by atoms with van der Waals surface area (Å²) in [6.45, 7) is 0. The Morgan fingerprint density at radius 3 is 3.06 bits per heavy atom. The molecule has 1 aromatic heterocycles. The first-order valence-corrected chi connectivity index (χ1v) is 5.36. The van der Waals surface area contributed by atoms with Crippen LogP contribution in [0.3, 0.4) is 0 Å². The molecular weight excluding hydrogens is 232 g/mol. The summed E-state index contributed by atoms with van der Waals surface area (Å²) in [5.41, 5.74) is 1.29. The lowest BCUT2D eigenvalue weighted by molar-refractivity contribution is -0.137. The van der Waals surface area contributed by atoms with Crippen molar-refractivity contribution in [2.24, 2.45) is 0 Å². The molecule has 5 heteroatoms. The Kier molecular flexibility index (Phi) is 3.39. The van der Waals surface area contributed by atoms with Crippen molar-refractivity contribution in [2.45, 2.75) is 12.8 Å². The van der Waals surface area contributed by atoms with Gasteiger partial charge in [-0.1, -0.05) is 12.1 Å². The number of benzene rings is 1. The van der Waals surface area contributed by atoms with Crippen LogP contribution >= 0.6 is 0 Å². The number of aryl methyl sites for hydroxylation is 1. The van der Waals surface area contributed by atoms with Crippen molar-refractivity contribution in [3.05, 3.63) is 41.9 Å². The predicted octanol–water partition coefficient (Wildman–Crippen LogP) is 2.23. The maximum absolute atomic E-state index is 10.4. The molecule has 18 heavy (non-hydrogen) atoms. The van der Waals surface area contributed by atoms with Gasteiger partial charge >= 0.3 is 5.97 Å². The van der Waals surface area contributed by atoms with Crippen molar-refractivity contribution >= 4 is 5.97 Å². The summed E-state index contributed by atoms with van der Waals surface area (Å²) in [5.74, 6) is 0.0310. The van der Waals surface area contributed by atoms with Crippen molar-refractivity contribution < 1.29 is 14.3 Å². The number of nitrogens with zero attached hydrogens (tertiary/aromatic N) is 2. The van der Waals surface area contributed by atoms with E-state index in [1.807, 2.05) is 12.1 Å². The highest BCUT2D eigenvalue weighted by molar-refractivity contribution is 5.67. The van der Waals surface area contributed by atoms with Gasteiger partial charge in [-0.15, -0.1) is 0 Å². The standard InChI is InChI=1S/C13H10N2O3/c14-7-9-2-1-3-10(6-9)11-8-15-12(18-11)4-5-13(16)17/h1-3,6,8H,4-5H2,(H,16,17). The van der Waals surface area contributed by atoms with Gasteiger partial charge in [0, 0.05) is 12.0 Å². The Bertz CT molecular complexity index is 611.